The molecule has 1 fully saturated rings. The molecule has 1 aromatic carbocycles. The molecule has 1 saturated heterocycles. The molecule has 1 atom stereocenters. The number of nitrogens with two attached hydrogens (primary N) is 1. The van der Waals surface area contributed by atoms with E-state index in [4.69, 9.17) is 10.5 Å². The van der Waals surface area contributed by atoms with Gasteiger partial charge in [-0.15, -0.1) is 0 Å². The molecule has 0 bridgehead atoms. The molecular formula is C21H27N5O3. The van der Waals surface area contributed by atoms with E-state index in [0.717, 1.165) is 25.9 Å². The maximum Gasteiger partial charge on any atom is 0.274 e. The third-order valence-electron chi connectivity index (χ3n) is 5.05. The zero-order valence-electron chi connectivity index (χ0n) is 16.6. The Morgan fingerprint density at radius 2 is 2.07 bits per heavy atom. The van der Waals surface area contributed by atoms with E-state index >= 15 is 0 Å². The zero-order chi connectivity index (χ0) is 20.6. The van der Waals surface area contributed by atoms with Gasteiger partial charge in [0.15, 0.2) is 0 Å². The Labute approximate surface area is 170 Å². The number of hydrogen-bond acceptors (Lipinski definition) is 6. The van der Waals surface area contributed by atoms with Gasteiger partial charge < -0.3 is 21.1 Å². The van der Waals surface area contributed by atoms with Crippen molar-refractivity contribution in [3.63, 3.8) is 0 Å². The molecule has 154 valence electrons. The highest BCUT2D eigenvalue weighted by molar-refractivity contribution is 6.04. The number of nitrogens with one attached hydrogen (secondary N) is 2. The lowest BCUT2D eigenvalue weighted by Gasteiger charge is -2.24. The zero-order valence-corrected chi connectivity index (χ0v) is 16.6. The van der Waals surface area contributed by atoms with Gasteiger partial charge in [-0.1, -0.05) is 12.1 Å². The quantitative estimate of drug-likeness (QED) is 0.586. The summed E-state index contributed by atoms with van der Waals surface area (Å²) < 4.78 is 5.14. The third-order valence-corrected chi connectivity index (χ3v) is 5.05. The van der Waals surface area contributed by atoms with E-state index in [1.807, 2.05) is 0 Å². The van der Waals surface area contributed by atoms with Crippen molar-refractivity contribution in [2.24, 2.45) is 0 Å². The second-order valence-corrected chi connectivity index (χ2v) is 7.01. The summed E-state index contributed by atoms with van der Waals surface area (Å²) in [6, 6.07) is 10.5. The summed E-state index contributed by atoms with van der Waals surface area (Å²) in [4.78, 5) is 31.2. The van der Waals surface area contributed by atoms with Crippen molar-refractivity contribution >= 4 is 23.2 Å². The van der Waals surface area contributed by atoms with Crippen LogP contribution in [0.3, 0.4) is 0 Å². The number of carbonyl (C=O) groups is 2. The third kappa shape index (κ3) is 5.52. The first-order valence-corrected chi connectivity index (χ1v) is 9.71. The van der Waals surface area contributed by atoms with Gasteiger partial charge in [0.25, 0.3) is 11.8 Å². The standard InChI is InChI=1S/C21H27N5O3/c1-29-12-11-26-10-4-5-16(26)14-24-20(27)15-8-9-19(23-13-15)21(28)25-18-7-3-2-6-17(18)22/h2-3,6-9,13,16H,4-5,10-12,14,22H2,1H3,(H,24,27)(H,25,28). The highest BCUT2D eigenvalue weighted by atomic mass is 16.5. The molecule has 2 heterocycles. The Morgan fingerprint density at radius 3 is 2.79 bits per heavy atom. The fourth-order valence-electron chi connectivity index (χ4n) is 3.40. The summed E-state index contributed by atoms with van der Waals surface area (Å²) in [6.07, 6.45) is 3.60. The normalized spacial score (nSPS) is 16.5. The van der Waals surface area contributed by atoms with Crippen LogP contribution in [-0.2, 0) is 4.74 Å². The Kier molecular flexibility index (Phi) is 7.15. The van der Waals surface area contributed by atoms with Crippen LogP contribution in [0.4, 0.5) is 11.4 Å². The van der Waals surface area contributed by atoms with Crippen LogP contribution in [-0.4, -0.2) is 61.1 Å². The predicted octanol–water partition coefficient (Wildman–Crippen LogP) is 1.76. The molecule has 8 heteroatoms. The summed E-state index contributed by atoms with van der Waals surface area (Å²) >= 11 is 0. The average molecular weight is 397 g/mol. The molecular weight excluding hydrogens is 370 g/mol. The number of hydrogen-bond donors (Lipinski definition) is 3. The highest BCUT2D eigenvalue weighted by Crippen LogP contribution is 2.18. The number of pyridine rings is 1. The van der Waals surface area contributed by atoms with Crippen molar-refractivity contribution in [3.05, 3.63) is 53.9 Å². The molecule has 0 spiro atoms. The van der Waals surface area contributed by atoms with Crippen molar-refractivity contribution < 1.29 is 14.3 Å². The summed E-state index contributed by atoms with van der Waals surface area (Å²) in [6.45, 7) is 3.17. The van der Waals surface area contributed by atoms with Gasteiger partial charge in [-0.05, 0) is 43.7 Å². The van der Waals surface area contributed by atoms with Crippen LogP contribution >= 0.6 is 0 Å². The van der Waals surface area contributed by atoms with Crippen LogP contribution in [0.5, 0.6) is 0 Å². The first kappa shape index (κ1) is 20.8. The molecule has 1 aliphatic rings. The maximum atomic E-state index is 12.4. The minimum absolute atomic E-state index is 0.199. The molecule has 0 aliphatic carbocycles. The maximum absolute atomic E-state index is 12.4. The van der Waals surface area contributed by atoms with Crippen molar-refractivity contribution in [2.45, 2.75) is 18.9 Å². The van der Waals surface area contributed by atoms with Crippen molar-refractivity contribution in [2.75, 3.05) is 44.4 Å². The van der Waals surface area contributed by atoms with Gasteiger partial charge in [0.1, 0.15) is 5.69 Å². The second-order valence-electron chi connectivity index (χ2n) is 7.01. The Morgan fingerprint density at radius 1 is 1.24 bits per heavy atom. The van der Waals surface area contributed by atoms with Gasteiger partial charge in [-0.2, -0.15) is 0 Å². The first-order valence-electron chi connectivity index (χ1n) is 9.71. The number of likely N-dealkylation sites (tertiary alicyclic amines) is 1. The number of nitrogen functional groups attached to an aromatic ring is 1. The SMILES string of the molecule is COCCN1CCCC1CNC(=O)c1ccc(C(=O)Nc2ccccc2N)nc1. The van der Waals surface area contributed by atoms with Crippen molar-refractivity contribution in [1.82, 2.24) is 15.2 Å². The number of benzene rings is 1. The second kappa shape index (κ2) is 9.99. The number of rotatable bonds is 8. The summed E-state index contributed by atoms with van der Waals surface area (Å²) in [7, 11) is 1.69. The average Bonchev–Trinajstić information content (AvgIpc) is 3.19. The van der Waals surface area contributed by atoms with E-state index in [0.29, 0.717) is 36.1 Å². The predicted molar refractivity (Wildman–Crippen MR) is 112 cm³/mol. The largest absolute Gasteiger partial charge is 0.397 e. The first-order chi connectivity index (χ1) is 14.1. The van der Waals surface area contributed by atoms with E-state index in [1.54, 1.807) is 37.4 Å². The van der Waals surface area contributed by atoms with E-state index in [-0.39, 0.29) is 17.5 Å². The number of methoxy groups -OCH3 is 1. The fraction of sp³-hybridized carbons (Fsp3) is 0.381. The summed E-state index contributed by atoms with van der Waals surface area (Å²) in [5, 5.41) is 5.68. The van der Waals surface area contributed by atoms with Crippen molar-refractivity contribution in [1.29, 1.82) is 0 Å². The Balaban J connectivity index is 1.53. The lowest BCUT2D eigenvalue weighted by Crippen LogP contribution is -2.41. The number of ether oxygens (including phenoxy) is 1. The smallest absolute Gasteiger partial charge is 0.274 e. The van der Waals surface area contributed by atoms with Crippen LogP contribution in [0.2, 0.25) is 0 Å². The molecule has 1 aromatic heterocycles. The molecule has 0 radical (unpaired) electrons. The fourth-order valence-corrected chi connectivity index (χ4v) is 3.40. The minimum Gasteiger partial charge on any atom is -0.397 e. The highest BCUT2D eigenvalue weighted by Gasteiger charge is 2.24. The van der Waals surface area contributed by atoms with Crippen LogP contribution in [0.25, 0.3) is 0 Å². The van der Waals surface area contributed by atoms with E-state index < -0.39 is 0 Å². The van der Waals surface area contributed by atoms with Gasteiger partial charge in [-0.25, -0.2) is 0 Å². The number of nitrogens with zero attached hydrogens (tertiary/aromatic N) is 2. The lowest BCUT2D eigenvalue weighted by molar-refractivity contribution is 0.0930. The molecule has 29 heavy (non-hydrogen) atoms. The lowest BCUT2D eigenvalue weighted by atomic mass is 10.2. The number of carbonyl (C=O) groups excluding carboxylic acids is 2. The molecule has 8 nitrogen and oxygen atoms in total. The number of para-hydroxylation sites is 2. The van der Waals surface area contributed by atoms with Gasteiger partial charge in [0, 0.05) is 32.4 Å². The van der Waals surface area contributed by atoms with E-state index in [2.05, 4.69) is 20.5 Å². The van der Waals surface area contributed by atoms with Crippen LogP contribution in [0.1, 0.15) is 33.7 Å². The van der Waals surface area contributed by atoms with Crippen LogP contribution in [0, 0.1) is 0 Å². The Hall–Kier alpha value is -2.97. The molecule has 1 aliphatic heterocycles. The van der Waals surface area contributed by atoms with Crippen LogP contribution < -0.4 is 16.4 Å². The van der Waals surface area contributed by atoms with Gasteiger partial charge in [-0.3, -0.25) is 19.5 Å². The van der Waals surface area contributed by atoms with Gasteiger partial charge in [0.05, 0.1) is 23.5 Å². The summed E-state index contributed by atoms with van der Waals surface area (Å²) in [5.41, 5.74) is 7.47. The number of amides is 2. The van der Waals surface area contributed by atoms with Crippen LogP contribution in [0.15, 0.2) is 42.6 Å². The number of anilines is 2. The van der Waals surface area contributed by atoms with Gasteiger partial charge in [0.2, 0.25) is 0 Å². The molecule has 1 unspecified atom stereocenters. The molecule has 4 N–H and O–H groups in total. The summed E-state index contributed by atoms with van der Waals surface area (Å²) in [5.74, 6) is -0.579. The van der Waals surface area contributed by atoms with Gasteiger partial charge >= 0.3 is 0 Å². The number of aromatic nitrogens is 1. The van der Waals surface area contributed by atoms with E-state index in [9.17, 15) is 9.59 Å². The monoisotopic (exact) mass is 397 g/mol. The van der Waals surface area contributed by atoms with E-state index in [1.165, 1.54) is 12.3 Å². The Bertz CT molecular complexity index is 840. The molecule has 3 rings (SSSR count). The molecule has 2 aromatic rings. The minimum atomic E-state index is -0.380. The van der Waals surface area contributed by atoms with Crippen molar-refractivity contribution in [3.8, 4) is 0 Å². The topological polar surface area (TPSA) is 110 Å². The molecule has 0 saturated carbocycles. The molecule has 2 amide bonds.